The molecule has 0 unspecified atom stereocenters. The molecule has 0 radical (unpaired) electrons. The molecule has 0 saturated carbocycles. The van der Waals surface area contributed by atoms with Crippen LogP contribution in [-0.2, 0) is 5.75 Å². The standard InChI is InChI=1S/C17H12Cl2FN3O2S2/c1-25-14-6-5-9(18)7-10(14)15(24)21-16-22-23-17(27-16)26-8-11-12(19)3-2-4-13(11)20/h2-7H,8H2,1H3,(H,21,22,24). The zero-order valence-electron chi connectivity index (χ0n) is 13.8. The van der Waals surface area contributed by atoms with Gasteiger partial charge in [0.05, 0.1) is 12.7 Å². The highest BCUT2D eigenvalue weighted by Crippen LogP contribution is 2.32. The second-order valence-corrected chi connectivity index (χ2v) is 8.20. The molecule has 1 amide bonds. The number of rotatable bonds is 6. The fraction of sp³-hybridized carbons (Fsp3) is 0.118. The lowest BCUT2D eigenvalue weighted by Crippen LogP contribution is -2.13. The molecule has 3 aromatic rings. The average Bonchev–Trinajstić information content (AvgIpc) is 3.08. The lowest BCUT2D eigenvalue weighted by molar-refractivity contribution is 0.102. The van der Waals surface area contributed by atoms with Gasteiger partial charge in [-0.15, -0.1) is 10.2 Å². The predicted molar refractivity (Wildman–Crippen MR) is 107 cm³/mol. The first-order valence-electron chi connectivity index (χ1n) is 7.52. The van der Waals surface area contributed by atoms with Gasteiger partial charge < -0.3 is 4.74 Å². The molecule has 1 aromatic heterocycles. The summed E-state index contributed by atoms with van der Waals surface area (Å²) in [5.74, 6) is -0.0959. The number of aromatic nitrogens is 2. The number of nitrogens with one attached hydrogen (secondary N) is 1. The molecule has 0 spiro atoms. The van der Waals surface area contributed by atoms with E-state index in [4.69, 9.17) is 27.9 Å². The minimum atomic E-state index is -0.417. The van der Waals surface area contributed by atoms with E-state index in [0.717, 1.165) is 0 Å². The van der Waals surface area contributed by atoms with Crippen molar-refractivity contribution in [3.63, 3.8) is 0 Å². The summed E-state index contributed by atoms with van der Waals surface area (Å²) in [6, 6.07) is 9.28. The van der Waals surface area contributed by atoms with Crippen LogP contribution in [0.15, 0.2) is 40.7 Å². The topological polar surface area (TPSA) is 64.1 Å². The smallest absolute Gasteiger partial charge is 0.261 e. The van der Waals surface area contributed by atoms with Crippen molar-refractivity contribution in [1.29, 1.82) is 0 Å². The highest BCUT2D eigenvalue weighted by atomic mass is 35.5. The van der Waals surface area contributed by atoms with Crippen molar-refractivity contribution in [2.24, 2.45) is 0 Å². The van der Waals surface area contributed by atoms with Crippen LogP contribution in [0.1, 0.15) is 15.9 Å². The fourth-order valence-corrected chi connectivity index (χ4v) is 4.41. The number of thioether (sulfide) groups is 1. The molecular formula is C17H12Cl2FN3O2S2. The van der Waals surface area contributed by atoms with Crippen LogP contribution in [-0.4, -0.2) is 23.2 Å². The third-order valence-electron chi connectivity index (χ3n) is 3.43. The molecule has 0 atom stereocenters. The Labute approximate surface area is 172 Å². The van der Waals surface area contributed by atoms with E-state index in [1.807, 2.05) is 0 Å². The number of carbonyl (C=O) groups excluding carboxylic acids is 1. The highest BCUT2D eigenvalue weighted by Gasteiger charge is 2.16. The molecule has 140 valence electrons. The van der Waals surface area contributed by atoms with Crippen molar-refractivity contribution in [2.45, 2.75) is 10.1 Å². The number of anilines is 1. The van der Waals surface area contributed by atoms with Crippen molar-refractivity contribution < 1.29 is 13.9 Å². The van der Waals surface area contributed by atoms with Crippen molar-refractivity contribution in [2.75, 3.05) is 12.4 Å². The first-order valence-corrected chi connectivity index (χ1v) is 10.1. The number of amides is 1. The van der Waals surface area contributed by atoms with Crippen LogP contribution in [0.4, 0.5) is 9.52 Å². The maximum absolute atomic E-state index is 13.8. The summed E-state index contributed by atoms with van der Waals surface area (Å²) in [5.41, 5.74) is 0.682. The number of methoxy groups -OCH3 is 1. The van der Waals surface area contributed by atoms with Crippen LogP contribution in [0.2, 0.25) is 10.0 Å². The number of carbonyl (C=O) groups is 1. The summed E-state index contributed by atoms with van der Waals surface area (Å²) in [5, 5.41) is 11.7. The normalized spacial score (nSPS) is 10.7. The summed E-state index contributed by atoms with van der Waals surface area (Å²) in [6.07, 6.45) is 0. The lowest BCUT2D eigenvalue weighted by Gasteiger charge is -2.07. The Balaban J connectivity index is 1.68. The van der Waals surface area contributed by atoms with Gasteiger partial charge in [0.25, 0.3) is 5.91 Å². The third kappa shape index (κ3) is 4.90. The number of hydrogen-bond donors (Lipinski definition) is 1. The molecule has 5 nitrogen and oxygen atoms in total. The van der Waals surface area contributed by atoms with Crippen molar-refractivity contribution in [3.8, 4) is 5.75 Å². The van der Waals surface area contributed by atoms with E-state index in [0.29, 0.717) is 36.6 Å². The van der Waals surface area contributed by atoms with E-state index in [-0.39, 0.29) is 11.4 Å². The second kappa shape index (κ2) is 8.88. The van der Waals surface area contributed by atoms with E-state index in [2.05, 4.69) is 15.5 Å². The van der Waals surface area contributed by atoms with E-state index in [1.165, 1.54) is 42.3 Å². The van der Waals surface area contributed by atoms with Crippen LogP contribution < -0.4 is 10.1 Å². The van der Waals surface area contributed by atoms with E-state index >= 15 is 0 Å². The molecule has 2 aromatic carbocycles. The summed E-state index contributed by atoms with van der Waals surface area (Å²) in [4.78, 5) is 12.4. The summed E-state index contributed by atoms with van der Waals surface area (Å²) in [6.45, 7) is 0. The Morgan fingerprint density at radius 3 is 2.85 bits per heavy atom. The number of benzene rings is 2. The van der Waals surface area contributed by atoms with Gasteiger partial charge in [0.1, 0.15) is 11.6 Å². The van der Waals surface area contributed by atoms with Crippen molar-refractivity contribution in [3.05, 3.63) is 63.4 Å². The molecule has 1 N–H and O–H groups in total. The van der Waals surface area contributed by atoms with Gasteiger partial charge in [-0.1, -0.05) is 52.4 Å². The Hall–Kier alpha value is -1.87. The molecule has 0 bridgehead atoms. The first-order chi connectivity index (χ1) is 13.0. The maximum Gasteiger partial charge on any atom is 0.261 e. The molecule has 1 heterocycles. The van der Waals surface area contributed by atoms with Crippen LogP contribution in [0.5, 0.6) is 5.75 Å². The van der Waals surface area contributed by atoms with Gasteiger partial charge in [-0.05, 0) is 30.3 Å². The average molecular weight is 444 g/mol. The molecule has 10 heteroatoms. The Morgan fingerprint density at radius 1 is 1.30 bits per heavy atom. The van der Waals surface area contributed by atoms with E-state index < -0.39 is 5.91 Å². The predicted octanol–water partition coefficient (Wildman–Crippen LogP) is 5.54. The zero-order valence-corrected chi connectivity index (χ0v) is 17.0. The summed E-state index contributed by atoms with van der Waals surface area (Å²) < 4.78 is 19.6. The first kappa shape index (κ1) is 19.9. The number of nitrogens with zero attached hydrogens (tertiary/aromatic N) is 2. The molecule has 0 fully saturated rings. The molecule has 0 saturated heterocycles. The van der Waals surface area contributed by atoms with Gasteiger partial charge >= 0.3 is 0 Å². The van der Waals surface area contributed by atoms with Gasteiger partial charge in [0, 0.05) is 21.4 Å². The lowest BCUT2D eigenvalue weighted by atomic mass is 10.2. The monoisotopic (exact) mass is 443 g/mol. The second-order valence-electron chi connectivity index (χ2n) is 5.16. The van der Waals surface area contributed by atoms with Gasteiger partial charge in [0.15, 0.2) is 4.34 Å². The largest absolute Gasteiger partial charge is 0.496 e. The SMILES string of the molecule is COc1ccc(Cl)cc1C(=O)Nc1nnc(SCc2c(F)cccc2Cl)s1. The molecule has 0 aliphatic heterocycles. The molecule has 0 aliphatic carbocycles. The van der Waals surface area contributed by atoms with Gasteiger partial charge in [-0.25, -0.2) is 4.39 Å². The van der Waals surface area contributed by atoms with Crippen molar-refractivity contribution >= 4 is 57.3 Å². The van der Waals surface area contributed by atoms with Gasteiger partial charge in [-0.2, -0.15) is 0 Å². The highest BCUT2D eigenvalue weighted by molar-refractivity contribution is 8.00. The Bertz CT molecular complexity index is 964. The number of halogens is 3. The molecule has 3 rings (SSSR count). The Morgan fingerprint density at radius 2 is 2.11 bits per heavy atom. The fourth-order valence-electron chi connectivity index (χ4n) is 2.14. The summed E-state index contributed by atoms with van der Waals surface area (Å²) >= 11 is 14.4. The van der Waals surface area contributed by atoms with Crippen LogP contribution >= 0.6 is 46.3 Å². The van der Waals surface area contributed by atoms with E-state index in [1.54, 1.807) is 24.3 Å². The molecule has 0 aliphatic rings. The maximum atomic E-state index is 13.8. The minimum Gasteiger partial charge on any atom is -0.496 e. The van der Waals surface area contributed by atoms with Crippen LogP contribution in [0.25, 0.3) is 0 Å². The quantitative estimate of drug-likeness (QED) is 0.400. The van der Waals surface area contributed by atoms with Gasteiger partial charge in [-0.3, -0.25) is 10.1 Å². The minimum absolute atomic E-state index is 0.285. The Kier molecular flexibility index (Phi) is 6.54. The molecule has 27 heavy (non-hydrogen) atoms. The number of hydrogen-bond acceptors (Lipinski definition) is 6. The number of ether oxygens (including phenoxy) is 1. The zero-order chi connectivity index (χ0) is 19.4. The van der Waals surface area contributed by atoms with E-state index in [9.17, 15) is 9.18 Å². The third-order valence-corrected chi connectivity index (χ3v) is 6.02. The van der Waals surface area contributed by atoms with Crippen LogP contribution in [0.3, 0.4) is 0 Å². The molecular weight excluding hydrogens is 432 g/mol. The van der Waals surface area contributed by atoms with Crippen molar-refractivity contribution in [1.82, 2.24) is 10.2 Å². The van der Waals surface area contributed by atoms with Crippen LogP contribution in [0, 0.1) is 5.82 Å². The van der Waals surface area contributed by atoms with Gasteiger partial charge in [0.2, 0.25) is 5.13 Å². The summed E-state index contributed by atoms with van der Waals surface area (Å²) in [7, 11) is 1.47.